The lowest BCUT2D eigenvalue weighted by Crippen LogP contribution is -1.85. The Morgan fingerprint density at radius 2 is 1.88 bits per heavy atom. The van der Waals surface area contributed by atoms with E-state index in [1.54, 1.807) is 29.9 Å². The first-order valence-corrected chi connectivity index (χ1v) is 9.39. The normalized spacial score (nSPS) is 9.29. The summed E-state index contributed by atoms with van der Waals surface area (Å²) in [5, 5.41) is 11.6. The molecule has 0 fully saturated rings. The number of hydrogen-bond donors (Lipinski definition) is 1. The summed E-state index contributed by atoms with van der Waals surface area (Å²) in [7, 11) is 0. The fraction of sp³-hybridized carbons (Fsp3) is 0.278. The first kappa shape index (κ1) is 20.0. The number of aryl methyl sites for hydroxylation is 2. The Kier molecular flexibility index (Phi) is 9.56. The van der Waals surface area contributed by atoms with Crippen molar-refractivity contribution < 1.29 is 9.90 Å². The summed E-state index contributed by atoms with van der Waals surface area (Å²) in [6.07, 6.45) is 7.47. The van der Waals surface area contributed by atoms with Crippen molar-refractivity contribution in [2.24, 2.45) is 0 Å². The smallest absolute Gasteiger partial charge is 0.300 e. The molecule has 0 aliphatic heterocycles. The average molecular weight is 363 g/mol. The van der Waals surface area contributed by atoms with Gasteiger partial charge in [-0.1, -0.05) is 19.9 Å². The summed E-state index contributed by atoms with van der Waals surface area (Å²) < 4.78 is 0. The molecule has 0 amide bonds. The maximum Gasteiger partial charge on any atom is 0.300 e. The van der Waals surface area contributed by atoms with Crippen molar-refractivity contribution in [1.29, 1.82) is 0 Å². The molecular weight excluding hydrogens is 340 g/mol. The van der Waals surface area contributed by atoms with Gasteiger partial charge in [0.15, 0.2) is 0 Å². The zero-order valence-corrected chi connectivity index (χ0v) is 15.7. The predicted molar refractivity (Wildman–Crippen MR) is 102 cm³/mol. The van der Waals surface area contributed by atoms with Crippen LogP contribution in [-0.4, -0.2) is 21.0 Å². The SMILES string of the molecule is CC(=O)O.CCc1cccs1.CCc1sccc1-c1cnccn1. The van der Waals surface area contributed by atoms with Gasteiger partial charge in [0.1, 0.15) is 0 Å². The van der Waals surface area contributed by atoms with Gasteiger partial charge in [0.2, 0.25) is 0 Å². The molecule has 0 saturated carbocycles. The van der Waals surface area contributed by atoms with E-state index in [9.17, 15) is 0 Å². The van der Waals surface area contributed by atoms with Crippen LogP contribution in [0.3, 0.4) is 0 Å². The fourth-order valence-electron chi connectivity index (χ4n) is 1.79. The maximum absolute atomic E-state index is 9.00. The van der Waals surface area contributed by atoms with Gasteiger partial charge < -0.3 is 5.11 Å². The van der Waals surface area contributed by atoms with Gasteiger partial charge in [-0.25, -0.2) is 0 Å². The highest BCUT2D eigenvalue weighted by Crippen LogP contribution is 2.26. The molecule has 3 aromatic rings. The molecule has 0 unspecified atom stereocenters. The minimum atomic E-state index is -0.833. The Bertz CT molecular complexity index is 691. The van der Waals surface area contributed by atoms with Gasteiger partial charge in [-0.3, -0.25) is 14.8 Å². The van der Waals surface area contributed by atoms with Crippen molar-refractivity contribution in [2.75, 3.05) is 0 Å². The summed E-state index contributed by atoms with van der Waals surface area (Å²) >= 11 is 3.60. The highest BCUT2D eigenvalue weighted by Gasteiger charge is 2.05. The van der Waals surface area contributed by atoms with Crippen LogP contribution in [0.25, 0.3) is 11.3 Å². The van der Waals surface area contributed by atoms with E-state index in [-0.39, 0.29) is 0 Å². The maximum atomic E-state index is 9.00. The van der Waals surface area contributed by atoms with Gasteiger partial charge in [-0.15, -0.1) is 22.7 Å². The molecule has 0 saturated heterocycles. The summed E-state index contributed by atoms with van der Waals surface area (Å²) in [6.45, 7) is 5.41. The summed E-state index contributed by atoms with van der Waals surface area (Å²) in [5.74, 6) is -0.833. The van der Waals surface area contributed by atoms with Crippen LogP contribution in [0.1, 0.15) is 30.5 Å². The van der Waals surface area contributed by atoms with E-state index in [0.717, 1.165) is 19.0 Å². The molecule has 0 radical (unpaired) electrons. The molecule has 1 N–H and O–H groups in total. The Morgan fingerprint density at radius 3 is 2.33 bits per heavy atom. The van der Waals surface area contributed by atoms with Crippen molar-refractivity contribution >= 4 is 28.6 Å². The van der Waals surface area contributed by atoms with E-state index in [0.29, 0.717) is 0 Å². The molecule has 0 aromatic carbocycles. The quantitative estimate of drug-likeness (QED) is 0.698. The standard InChI is InChI=1S/C10H10N2S.C6H8S.C2H4O2/c1-2-10-8(3-6-13-10)9-7-11-4-5-12-9;1-2-6-4-3-5-7-6;1-2(3)4/h3-7H,2H2,1H3;3-5H,2H2,1H3;1H3,(H,3,4). The summed E-state index contributed by atoms with van der Waals surface area (Å²) in [6, 6.07) is 6.35. The molecule has 0 aliphatic carbocycles. The Hall–Kier alpha value is -2.05. The minimum Gasteiger partial charge on any atom is -0.481 e. The molecule has 0 aliphatic rings. The Morgan fingerprint density at radius 1 is 1.12 bits per heavy atom. The van der Waals surface area contributed by atoms with Gasteiger partial charge in [0.05, 0.1) is 11.9 Å². The summed E-state index contributed by atoms with van der Waals surface area (Å²) in [5.41, 5.74) is 2.20. The van der Waals surface area contributed by atoms with Gasteiger partial charge in [-0.05, 0) is 35.7 Å². The van der Waals surface area contributed by atoms with Gasteiger partial charge in [0, 0.05) is 34.6 Å². The second-order valence-electron chi connectivity index (χ2n) is 4.65. The minimum absolute atomic E-state index is 0.833. The molecule has 4 nitrogen and oxygen atoms in total. The number of aliphatic carboxylic acids is 1. The number of thiophene rings is 2. The molecule has 0 spiro atoms. The third-order valence-electron chi connectivity index (χ3n) is 2.83. The third-order valence-corrected chi connectivity index (χ3v) is 4.92. The van der Waals surface area contributed by atoms with Crippen LogP contribution in [0, 0.1) is 0 Å². The Balaban J connectivity index is 0.000000220. The largest absolute Gasteiger partial charge is 0.481 e. The van der Waals surface area contributed by atoms with Crippen LogP contribution < -0.4 is 0 Å². The van der Waals surface area contributed by atoms with Crippen molar-refractivity contribution in [2.45, 2.75) is 33.6 Å². The van der Waals surface area contributed by atoms with Crippen molar-refractivity contribution in [3.63, 3.8) is 0 Å². The molecule has 3 rings (SSSR count). The lowest BCUT2D eigenvalue weighted by molar-refractivity contribution is -0.134. The first-order chi connectivity index (χ1) is 11.6. The van der Waals surface area contributed by atoms with Crippen LogP contribution in [0.15, 0.2) is 47.5 Å². The highest BCUT2D eigenvalue weighted by atomic mass is 32.1. The second kappa shape index (κ2) is 11.5. The molecule has 6 heteroatoms. The van der Waals surface area contributed by atoms with E-state index in [1.165, 1.54) is 21.7 Å². The summed E-state index contributed by atoms with van der Waals surface area (Å²) in [4.78, 5) is 20.2. The molecule has 3 heterocycles. The number of rotatable bonds is 3. The lowest BCUT2D eigenvalue weighted by atomic mass is 10.2. The third kappa shape index (κ3) is 7.48. The average Bonchev–Trinajstić information content (AvgIpc) is 3.27. The second-order valence-corrected chi connectivity index (χ2v) is 6.69. The first-order valence-electron chi connectivity index (χ1n) is 7.63. The van der Waals surface area contributed by atoms with Crippen LogP contribution in [-0.2, 0) is 17.6 Å². The van der Waals surface area contributed by atoms with E-state index < -0.39 is 5.97 Å². The number of carboxylic acids is 1. The molecule has 0 bridgehead atoms. The van der Waals surface area contributed by atoms with Gasteiger partial charge >= 0.3 is 0 Å². The topological polar surface area (TPSA) is 63.1 Å². The van der Waals surface area contributed by atoms with Crippen molar-refractivity contribution in [1.82, 2.24) is 9.97 Å². The van der Waals surface area contributed by atoms with Crippen molar-refractivity contribution in [3.8, 4) is 11.3 Å². The van der Waals surface area contributed by atoms with E-state index >= 15 is 0 Å². The zero-order chi connectivity index (χ0) is 17.8. The van der Waals surface area contributed by atoms with E-state index in [1.807, 2.05) is 11.3 Å². The van der Waals surface area contributed by atoms with Crippen molar-refractivity contribution in [3.05, 3.63) is 57.3 Å². The highest BCUT2D eigenvalue weighted by molar-refractivity contribution is 7.10. The number of carboxylic acid groups (broad SMARTS) is 1. The molecular formula is C18H22N2O2S2. The molecule has 24 heavy (non-hydrogen) atoms. The zero-order valence-electron chi connectivity index (χ0n) is 14.1. The predicted octanol–water partition coefficient (Wildman–Crippen LogP) is 5.17. The van der Waals surface area contributed by atoms with Crippen LogP contribution in [0.5, 0.6) is 0 Å². The van der Waals surface area contributed by atoms with Gasteiger partial charge in [-0.2, -0.15) is 0 Å². The van der Waals surface area contributed by atoms with Crippen LogP contribution in [0.4, 0.5) is 0 Å². The number of aromatic nitrogens is 2. The molecule has 128 valence electrons. The molecule has 0 atom stereocenters. The molecule has 3 aromatic heterocycles. The van der Waals surface area contributed by atoms with Crippen LogP contribution >= 0.6 is 22.7 Å². The van der Waals surface area contributed by atoms with Crippen LogP contribution in [0.2, 0.25) is 0 Å². The number of carbonyl (C=O) groups is 1. The van der Waals surface area contributed by atoms with E-state index in [2.05, 4.69) is 52.8 Å². The lowest BCUT2D eigenvalue weighted by Gasteiger charge is -1.98. The number of nitrogens with zero attached hydrogens (tertiary/aromatic N) is 2. The number of hydrogen-bond acceptors (Lipinski definition) is 5. The fourth-order valence-corrected chi connectivity index (χ4v) is 3.28. The monoisotopic (exact) mass is 362 g/mol. The Labute approximate surface area is 150 Å². The van der Waals surface area contributed by atoms with E-state index in [4.69, 9.17) is 9.90 Å². The van der Waals surface area contributed by atoms with Gasteiger partial charge in [0.25, 0.3) is 5.97 Å².